The normalized spacial score (nSPS) is 10.5. The molecule has 0 saturated heterocycles. The minimum absolute atomic E-state index is 0.136. The Labute approximate surface area is 168 Å². The molecule has 2 N–H and O–H groups in total. The van der Waals surface area contributed by atoms with Crippen LogP contribution >= 0.6 is 11.8 Å². The van der Waals surface area contributed by atoms with Gasteiger partial charge in [0.25, 0.3) is 5.91 Å². The highest BCUT2D eigenvalue weighted by Gasteiger charge is 2.11. The molecule has 0 fully saturated rings. The third kappa shape index (κ3) is 5.07. The first-order valence-corrected chi connectivity index (χ1v) is 10.0. The summed E-state index contributed by atoms with van der Waals surface area (Å²) in [7, 11) is 1.65. The van der Waals surface area contributed by atoms with Gasteiger partial charge in [0.05, 0.1) is 31.2 Å². The average molecular weight is 398 g/mol. The van der Waals surface area contributed by atoms with Crippen molar-refractivity contribution in [2.24, 2.45) is 0 Å². The average Bonchev–Trinajstić information content (AvgIpc) is 3.21. The lowest BCUT2D eigenvalue weighted by Crippen LogP contribution is -2.26. The van der Waals surface area contributed by atoms with Gasteiger partial charge in [-0.3, -0.25) is 4.79 Å². The van der Waals surface area contributed by atoms with Crippen LogP contribution in [0, 0.1) is 0 Å². The van der Waals surface area contributed by atoms with E-state index in [1.165, 1.54) is 0 Å². The van der Waals surface area contributed by atoms with Crippen LogP contribution in [0.3, 0.4) is 0 Å². The highest BCUT2D eigenvalue weighted by molar-refractivity contribution is 7.99. The molecule has 28 heavy (non-hydrogen) atoms. The quantitative estimate of drug-likeness (QED) is 0.421. The van der Waals surface area contributed by atoms with Crippen molar-refractivity contribution in [2.45, 2.75) is 12.1 Å². The number of aromatic amines is 1. The van der Waals surface area contributed by atoms with Crippen molar-refractivity contribution >= 4 is 17.7 Å². The summed E-state index contributed by atoms with van der Waals surface area (Å²) >= 11 is 1.56. The van der Waals surface area contributed by atoms with E-state index in [1.54, 1.807) is 37.2 Å². The lowest BCUT2D eigenvalue weighted by atomic mass is 10.2. The Morgan fingerprint density at radius 2 is 1.96 bits per heavy atom. The van der Waals surface area contributed by atoms with E-state index < -0.39 is 0 Å². The molecule has 3 rings (SSSR count). The minimum atomic E-state index is -0.136. The lowest BCUT2D eigenvalue weighted by Gasteiger charge is -2.10. The minimum Gasteiger partial charge on any atom is -0.497 e. The fourth-order valence-corrected chi connectivity index (χ4v) is 3.34. The van der Waals surface area contributed by atoms with E-state index in [-0.39, 0.29) is 5.91 Å². The zero-order valence-corrected chi connectivity index (χ0v) is 16.7. The van der Waals surface area contributed by atoms with Crippen molar-refractivity contribution in [2.75, 3.05) is 26.0 Å². The van der Waals surface area contributed by atoms with Gasteiger partial charge in [0.1, 0.15) is 11.5 Å². The van der Waals surface area contributed by atoms with Gasteiger partial charge in [0, 0.05) is 12.3 Å². The summed E-state index contributed by atoms with van der Waals surface area (Å²) in [6.07, 6.45) is 1.81. The Morgan fingerprint density at radius 1 is 1.18 bits per heavy atom. The zero-order chi connectivity index (χ0) is 19.8. The number of hydrogen-bond acceptors (Lipinski definition) is 5. The van der Waals surface area contributed by atoms with Crippen LogP contribution in [0.1, 0.15) is 17.3 Å². The Balaban J connectivity index is 1.49. The van der Waals surface area contributed by atoms with E-state index in [9.17, 15) is 4.79 Å². The largest absolute Gasteiger partial charge is 0.497 e. The second-order valence-electron chi connectivity index (χ2n) is 5.86. The number of carbonyl (C=O) groups excluding carboxylic acids is 1. The standard InChI is InChI=1S/C21H23N3O3S/c1-3-27-19-7-5-4-6-17(19)20(25)22-12-13-28-21-23-14-18(24-21)15-8-10-16(26-2)11-9-15/h4-11,14H,3,12-13H2,1-2H3,(H,22,25)(H,23,24). The molecule has 6 nitrogen and oxygen atoms in total. The zero-order valence-electron chi connectivity index (χ0n) is 15.9. The van der Waals surface area contributed by atoms with Gasteiger partial charge in [-0.15, -0.1) is 0 Å². The van der Waals surface area contributed by atoms with Crippen LogP contribution < -0.4 is 14.8 Å². The fourth-order valence-electron chi connectivity index (χ4n) is 2.64. The van der Waals surface area contributed by atoms with Crippen molar-refractivity contribution in [3.8, 4) is 22.8 Å². The summed E-state index contributed by atoms with van der Waals surface area (Å²) in [5, 5.41) is 3.74. The molecule has 0 radical (unpaired) electrons. The number of para-hydroxylation sites is 1. The number of hydrogen-bond donors (Lipinski definition) is 2. The predicted octanol–water partition coefficient (Wildman–Crippen LogP) is 4.01. The highest BCUT2D eigenvalue weighted by atomic mass is 32.2. The van der Waals surface area contributed by atoms with Crippen LogP contribution in [-0.4, -0.2) is 41.9 Å². The van der Waals surface area contributed by atoms with Crippen molar-refractivity contribution in [1.29, 1.82) is 0 Å². The molecule has 0 spiro atoms. The molecule has 2 aromatic carbocycles. The smallest absolute Gasteiger partial charge is 0.255 e. The first kappa shape index (κ1) is 19.8. The van der Waals surface area contributed by atoms with Crippen molar-refractivity contribution in [1.82, 2.24) is 15.3 Å². The number of amides is 1. The van der Waals surface area contributed by atoms with Crippen LogP contribution in [0.4, 0.5) is 0 Å². The number of methoxy groups -OCH3 is 1. The van der Waals surface area contributed by atoms with Gasteiger partial charge in [-0.25, -0.2) is 4.98 Å². The summed E-state index contributed by atoms with van der Waals surface area (Å²) in [4.78, 5) is 20.0. The molecule has 3 aromatic rings. The van der Waals surface area contributed by atoms with E-state index in [0.29, 0.717) is 30.2 Å². The van der Waals surface area contributed by atoms with E-state index in [4.69, 9.17) is 9.47 Å². The Kier molecular flexibility index (Phi) is 6.97. The second-order valence-corrected chi connectivity index (χ2v) is 6.95. The maximum atomic E-state index is 12.4. The molecule has 1 amide bonds. The Hall–Kier alpha value is -2.93. The number of thioether (sulfide) groups is 1. The van der Waals surface area contributed by atoms with Gasteiger partial charge in [0.15, 0.2) is 5.16 Å². The van der Waals surface area contributed by atoms with Gasteiger partial charge in [-0.2, -0.15) is 0 Å². The van der Waals surface area contributed by atoms with E-state index in [2.05, 4.69) is 15.3 Å². The summed E-state index contributed by atoms with van der Waals surface area (Å²) in [6.45, 7) is 2.95. The SMILES string of the molecule is CCOc1ccccc1C(=O)NCCSc1ncc(-c2ccc(OC)cc2)[nH]1. The van der Waals surface area contributed by atoms with Crippen LogP contribution in [0.2, 0.25) is 0 Å². The summed E-state index contributed by atoms with van der Waals surface area (Å²) in [5.74, 6) is 1.99. The molecule has 0 atom stereocenters. The Bertz CT molecular complexity index is 909. The predicted molar refractivity (Wildman–Crippen MR) is 111 cm³/mol. The first-order chi connectivity index (χ1) is 13.7. The number of benzene rings is 2. The maximum Gasteiger partial charge on any atom is 0.255 e. The number of H-pyrrole nitrogens is 1. The number of rotatable bonds is 9. The third-order valence-electron chi connectivity index (χ3n) is 4.01. The summed E-state index contributed by atoms with van der Waals surface area (Å²) in [5.41, 5.74) is 2.54. The number of imidazole rings is 1. The number of nitrogens with one attached hydrogen (secondary N) is 2. The van der Waals surface area contributed by atoms with Gasteiger partial charge in [-0.1, -0.05) is 23.9 Å². The monoisotopic (exact) mass is 397 g/mol. The van der Waals surface area contributed by atoms with E-state index in [0.717, 1.165) is 22.2 Å². The third-order valence-corrected chi connectivity index (χ3v) is 4.90. The van der Waals surface area contributed by atoms with Gasteiger partial charge in [0.2, 0.25) is 0 Å². The number of carbonyl (C=O) groups is 1. The topological polar surface area (TPSA) is 76.2 Å². The molecule has 1 aromatic heterocycles. The summed E-state index contributed by atoms with van der Waals surface area (Å²) < 4.78 is 10.7. The molecule has 0 aliphatic heterocycles. The highest BCUT2D eigenvalue weighted by Crippen LogP contribution is 2.23. The van der Waals surface area contributed by atoms with Crippen LogP contribution in [-0.2, 0) is 0 Å². The molecular weight excluding hydrogens is 374 g/mol. The molecule has 0 aliphatic rings. The second kappa shape index (κ2) is 9.85. The van der Waals surface area contributed by atoms with Crippen molar-refractivity contribution < 1.29 is 14.3 Å². The number of nitrogens with zero attached hydrogens (tertiary/aromatic N) is 1. The van der Waals surface area contributed by atoms with E-state index >= 15 is 0 Å². The van der Waals surface area contributed by atoms with Crippen LogP contribution in [0.25, 0.3) is 11.3 Å². The molecule has 146 valence electrons. The van der Waals surface area contributed by atoms with Gasteiger partial charge >= 0.3 is 0 Å². The molecule has 0 aliphatic carbocycles. The first-order valence-electron chi connectivity index (χ1n) is 9.03. The molecule has 0 bridgehead atoms. The van der Waals surface area contributed by atoms with E-state index in [1.807, 2.05) is 43.3 Å². The number of ether oxygens (including phenoxy) is 2. The fraction of sp³-hybridized carbons (Fsp3) is 0.238. The maximum absolute atomic E-state index is 12.4. The molecule has 1 heterocycles. The Morgan fingerprint density at radius 3 is 2.71 bits per heavy atom. The van der Waals surface area contributed by atoms with Crippen molar-refractivity contribution in [3.05, 3.63) is 60.3 Å². The van der Waals surface area contributed by atoms with Crippen LogP contribution in [0.5, 0.6) is 11.5 Å². The lowest BCUT2D eigenvalue weighted by molar-refractivity contribution is 0.0952. The molecule has 0 saturated carbocycles. The van der Waals surface area contributed by atoms with Gasteiger partial charge in [-0.05, 0) is 48.9 Å². The van der Waals surface area contributed by atoms with Crippen LogP contribution in [0.15, 0.2) is 59.9 Å². The summed E-state index contributed by atoms with van der Waals surface area (Å²) in [6, 6.07) is 15.0. The van der Waals surface area contributed by atoms with Crippen molar-refractivity contribution in [3.63, 3.8) is 0 Å². The number of aromatic nitrogens is 2. The molecular formula is C21H23N3O3S. The molecule has 7 heteroatoms. The van der Waals surface area contributed by atoms with Gasteiger partial charge < -0.3 is 19.8 Å². The molecule has 0 unspecified atom stereocenters.